The average molecular weight is 418 g/mol. The van der Waals surface area contributed by atoms with Crippen molar-refractivity contribution in [1.82, 2.24) is 9.55 Å². The largest absolute Gasteiger partial charge is 0.324 e. The van der Waals surface area contributed by atoms with Gasteiger partial charge in [-0.25, -0.2) is 4.98 Å². The summed E-state index contributed by atoms with van der Waals surface area (Å²) in [6, 6.07) is 15.1. The lowest BCUT2D eigenvalue weighted by Gasteiger charge is -2.16. The normalized spacial score (nSPS) is 12.1. The molecular weight excluding hydrogens is 394 g/mol. The number of fused-ring (bicyclic) bond motifs is 1. The van der Waals surface area contributed by atoms with E-state index in [1.807, 2.05) is 48.7 Å². The van der Waals surface area contributed by atoms with Gasteiger partial charge in [-0.3, -0.25) is 14.2 Å². The van der Waals surface area contributed by atoms with Gasteiger partial charge in [-0.1, -0.05) is 49.4 Å². The Hall–Kier alpha value is -3.25. The molecule has 0 spiro atoms. The maximum atomic E-state index is 13.3. The van der Waals surface area contributed by atoms with Crippen molar-refractivity contribution in [3.8, 4) is 11.1 Å². The van der Waals surface area contributed by atoms with Gasteiger partial charge in [-0.2, -0.15) is 0 Å². The maximum absolute atomic E-state index is 13.3. The maximum Gasteiger partial charge on any atom is 0.263 e. The van der Waals surface area contributed by atoms with Crippen LogP contribution in [0.1, 0.15) is 31.0 Å². The van der Waals surface area contributed by atoms with Crippen molar-refractivity contribution in [2.24, 2.45) is 0 Å². The molecule has 152 valence electrons. The molecule has 4 rings (SSSR count). The van der Waals surface area contributed by atoms with Crippen LogP contribution >= 0.6 is 11.3 Å². The van der Waals surface area contributed by atoms with Crippen molar-refractivity contribution < 1.29 is 4.79 Å². The van der Waals surface area contributed by atoms with Crippen LogP contribution in [0.25, 0.3) is 21.3 Å². The average Bonchev–Trinajstić information content (AvgIpc) is 3.20. The highest BCUT2D eigenvalue weighted by atomic mass is 32.1. The molecule has 6 heteroatoms. The summed E-state index contributed by atoms with van der Waals surface area (Å²) in [5.74, 6) is -0.253. The summed E-state index contributed by atoms with van der Waals surface area (Å²) >= 11 is 1.44. The van der Waals surface area contributed by atoms with Gasteiger partial charge in [0.2, 0.25) is 5.91 Å². The second-order valence-corrected chi connectivity index (χ2v) is 8.18. The van der Waals surface area contributed by atoms with Gasteiger partial charge in [0.1, 0.15) is 10.9 Å². The number of nitrogens with zero attached hydrogens (tertiary/aromatic N) is 2. The number of rotatable bonds is 5. The van der Waals surface area contributed by atoms with Crippen molar-refractivity contribution in [1.29, 1.82) is 0 Å². The number of hydrogen-bond donors (Lipinski definition) is 1. The van der Waals surface area contributed by atoms with E-state index < -0.39 is 6.04 Å². The number of para-hydroxylation sites is 1. The zero-order chi connectivity index (χ0) is 21.3. The first kappa shape index (κ1) is 20.0. The van der Waals surface area contributed by atoms with E-state index in [0.717, 1.165) is 28.8 Å². The first-order valence-electron chi connectivity index (χ1n) is 9.93. The lowest BCUT2D eigenvalue weighted by molar-refractivity contribution is -0.118. The van der Waals surface area contributed by atoms with Gasteiger partial charge in [0.15, 0.2) is 0 Å². The second kappa shape index (κ2) is 8.24. The quantitative estimate of drug-likeness (QED) is 0.486. The van der Waals surface area contributed by atoms with E-state index in [9.17, 15) is 9.59 Å². The Kier molecular flexibility index (Phi) is 5.50. The number of carbonyl (C=O) groups excluding carboxylic acids is 1. The number of nitrogens with one attached hydrogen (secondary N) is 1. The van der Waals surface area contributed by atoms with Crippen molar-refractivity contribution in [2.75, 3.05) is 5.32 Å². The molecule has 0 unspecified atom stereocenters. The zero-order valence-corrected chi connectivity index (χ0v) is 18.0. The number of aromatic nitrogens is 2. The molecule has 0 aliphatic heterocycles. The SMILES string of the molecule is CCc1ccc(-c2csc3ncn([C@@H](C)C(=O)Nc4ccccc4C)c(=O)c23)cc1. The van der Waals surface area contributed by atoms with Crippen LogP contribution in [0.5, 0.6) is 0 Å². The molecule has 0 bridgehead atoms. The number of hydrogen-bond acceptors (Lipinski definition) is 4. The Morgan fingerprint density at radius 1 is 1.17 bits per heavy atom. The van der Waals surface area contributed by atoms with Crippen molar-refractivity contribution in [3.05, 3.63) is 81.7 Å². The number of thiophene rings is 1. The minimum absolute atomic E-state index is 0.205. The van der Waals surface area contributed by atoms with Crippen LogP contribution in [0.3, 0.4) is 0 Å². The zero-order valence-electron chi connectivity index (χ0n) is 17.2. The minimum Gasteiger partial charge on any atom is -0.324 e. The third-order valence-electron chi connectivity index (χ3n) is 5.39. The molecule has 2 aromatic heterocycles. The van der Waals surface area contributed by atoms with E-state index in [-0.39, 0.29) is 11.5 Å². The summed E-state index contributed by atoms with van der Waals surface area (Å²) in [6.45, 7) is 5.76. The van der Waals surface area contributed by atoms with Crippen LogP contribution in [-0.2, 0) is 11.2 Å². The van der Waals surface area contributed by atoms with Gasteiger partial charge >= 0.3 is 0 Å². The first-order chi connectivity index (χ1) is 14.5. The van der Waals surface area contributed by atoms with Crippen LogP contribution in [0.4, 0.5) is 5.69 Å². The smallest absolute Gasteiger partial charge is 0.263 e. The molecule has 2 heterocycles. The molecule has 5 nitrogen and oxygen atoms in total. The Morgan fingerprint density at radius 2 is 1.90 bits per heavy atom. The Balaban J connectivity index is 1.71. The fraction of sp³-hybridized carbons (Fsp3) is 0.208. The van der Waals surface area contributed by atoms with Crippen molar-refractivity contribution in [2.45, 2.75) is 33.2 Å². The summed E-state index contributed by atoms with van der Waals surface area (Å²) in [7, 11) is 0. The summed E-state index contributed by atoms with van der Waals surface area (Å²) in [6.07, 6.45) is 2.43. The number of carbonyl (C=O) groups is 1. The topological polar surface area (TPSA) is 64.0 Å². The molecule has 0 radical (unpaired) electrons. The van der Waals surface area contributed by atoms with Gasteiger partial charge in [0.05, 0.1) is 11.7 Å². The molecule has 4 aromatic rings. The molecule has 0 aliphatic carbocycles. The summed E-state index contributed by atoms with van der Waals surface area (Å²) < 4.78 is 1.41. The van der Waals surface area contributed by atoms with E-state index in [1.54, 1.807) is 6.92 Å². The number of aryl methyl sites for hydroxylation is 2. The van der Waals surface area contributed by atoms with E-state index in [0.29, 0.717) is 10.2 Å². The molecule has 0 saturated heterocycles. The molecule has 1 N–H and O–H groups in total. The third kappa shape index (κ3) is 3.66. The minimum atomic E-state index is -0.691. The van der Waals surface area contributed by atoms with Crippen molar-refractivity contribution in [3.63, 3.8) is 0 Å². The highest BCUT2D eigenvalue weighted by Gasteiger charge is 2.20. The summed E-state index contributed by atoms with van der Waals surface area (Å²) in [4.78, 5) is 31.3. The van der Waals surface area contributed by atoms with Gasteiger partial charge in [0.25, 0.3) is 5.56 Å². The standard InChI is InChI=1S/C24H23N3O2S/c1-4-17-9-11-18(12-10-17)19-13-30-23-21(19)24(29)27(14-25-23)16(3)22(28)26-20-8-6-5-7-15(20)2/h5-14,16H,4H2,1-3H3,(H,26,28)/t16-/m0/s1. The van der Waals surface area contributed by atoms with Gasteiger partial charge < -0.3 is 5.32 Å². The molecule has 0 fully saturated rings. The number of anilines is 1. The molecule has 0 saturated carbocycles. The molecule has 2 aromatic carbocycles. The summed E-state index contributed by atoms with van der Waals surface area (Å²) in [5.41, 5.74) is 4.58. The van der Waals surface area contributed by atoms with Gasteiger partial charge in [0, 0.05) is 16.6 Å². The number of amides is 1. The van der Waals surface area contributed by atoms with E-state index in [1.165, 1.54) is 27.8 Å². The van der Waals surface area contributed by atoms with Gasteiger partial charge in [-0.05, 0) is 43.0 Å². The lowest BCUT2D eigenvalue weighted by atomic mass is 10.0. The van der Waals surface area contributed by atoms with Crippen LogP contribution in [0, 0.1) is 6.92 Å². The Labute approximate surface area is 179 Å². The monoisotopic (exact) mass is 417 g/mol. The molecular formula is C24H23N3O2S. The van der Waals surface area contributed by atoms with E-state index in [4.69, 9.17) is 0 Å². The molecule has 1 atom stereocenters. The molecule has 30 heavy (non-hydrogen) atoms. The predicted molar refractivity (Wildman–Crippen MR) is 123 cm³/mol. The third-order valence-corrected chi connectivity index (χ3v) is 6.28. The van der Waals surface area contributed by atoms with E-state index in [2.05, 4.69) is 29.4 Å². The van der Waals surface area contributed by atoms with Gasteiger partial charge in [-0.15, -0.1) is 11.3 Å². The van der Waals surface area contributed by atoms with Crippen LogP contribution < -0.4 is 10.9 Å². The lowest BCUT2D eigenvalue weighted by Crippen LogP contribution is -2.31. The summed E-state index contributed by atoms with van der Waals surface area (Å²) in [5, 5.41) is 5.43. The highest BCUT2D eigenvalue weighted by molar-refractivity contribution is 7.17. The van der Waals surface area contributed by atoms with Crippen LogP contribution in [-0.4, -0.2) is 15.5 Å². The second-order valence-electron chi connectivity index (χ2n) is 7.32. The molecule has 0 aliphatic rings. The Bertz CT molecular complexity index is 1270. The molecule has 1 amide bonds. The Morgan fingerprint density at radius 3 is 2.60 bits per heavy atom. The first-order valence-corrected chi connectivity index (χ1v) is 10.8. The van der Waals surface area contributed by atoms with Crippen LogP contribution in [0.15, 0.2) is 65.0 Å². The number of benzene rings is 2. The van der Waals surface area contributed by atoms with Crippen molar-refractivity contribution >= 4 is 33.1 Å². The van der Waals surface area contributed by atoms with Crippen LogP contribution in [0.2, 0.25) is 0 Å². The highest BCUT2D eigenvalue weighted by Crippen LogP contribution is 2.31. The fourth-order valence-corrected chi connectivity index (χ4v) is 4.34. The predicted octanol–water partition coefficient (Wildman–Crippen LogP) is 5.20. The van der Waals surface area contributed by atoms with E-state index >= 15 is 0 Å². The fourth-order valence-electron chi connectivity index (χ4n) is 3.43.